The number of carboxylic acids is 1. The van der Waals surface area contributed by atoms with Crippen LogP contribution in [0, 0.1) is 0 Å². The zero-order chi connectivity index (χ0) is 12.6. The smallest absolute Gasteiger partial charge is 0.337 e. The molecule has 0 aromatic heterocycles. The van der Waals surface area contributed by atoms with Gasteiger partial charge in [-0.25, -0.2) is 4.79 Å². The van der Waals surface area contributed by atoms with Crippen LogP contribution in [-0.4, -0.2) is 45.4 Å². The van der Waals surface area contributed by atoms with Crippen LogP contribution in [0.1, 0.15) is 26.2 Å². The summed E-state index contributed by atoms with van der Waals surface area (Å²) in [6.45, 7) is 1.54. The number of aliphatic hydroxyl groups excluding tert-OH is 1. The van der Waals surface area contributed by atoms with E-state index in [1.807, 2.05) is 6.92 Å². The van der Waals surface area contributed by atoms with Gasteiger partial charge < -0.3 is 14.9 Å². The minimum Gasteiger partial charge on any atom is -0.479 e. The van der Waals surface area contributed by atoms with Gasteiger partial charge in [0, 0.05) is 0 Å². The average Bonchev–Trinajstić information content (AvgIpc) is 2.49. The Bertz CT molecular complexity index is 391. The van der Waals surface area contributed by atoms with Crippen molar-refractivity contribution in [3.05, 3.63) is 11.8 Å². The Kier molecular flexibility index (Phi) is 2.82. The molecule has 2 aliphatic heterocycles. The maximum Gasteiger partial charge on any atom is 0.337 e. The summed E-state index contributed by atoms with van der Waals surface area (Å²) >= 11 is 0. The molecular formula is C11H15NO5. The lowest BCUT2D eigenvalue weighted by molar-refractivity contribution is -0.171. The average molecular weight is 241 g/mol. The quantitative estimate of drug-likeness (QED) is 0.680. The maximum atomic E-state index is 11.5. The van der Waals surface area contributed by atoms with Gasteiger partial charge in [-0.15, -0.1) is 0 Å². The van der Waals surface area contributed by atoms with Gasteiger partial charge in [-0.05, 0) is 12.5 Å². The number of aliphatic hydroxyl groups is 1. The van der Waals surface area contributed by atoms with Crippen molar-refractivity contribution in [1.82, 2.24) is 4.90 Å². The zero-order valence-electron chi connectivity index (χ0n) is 9.55. The molecule has 2 saturated heterocycles. The molecular weight excluding hydrogens is 226 g/mol. The summed E-state index contributed by atoms with van der Waals surface area (Å²) in [5, 5.41) is 18.4. The molecule has 0 aromatic carbocycles. The lowest BCUT2D eigenvalue weighted by atomic mass is 9.87. The predicted molar refractivity (Wildman–Crippen MR) is 56.8 cm³/mol. The first-order valence-electron chi connectivity index (χ1n) is 5.61. The normalized spacial score (nSPS) is 33.3. The van der Waals surface area contributed by atoms with Gasteiger partial charge in [0.2, 0.25) is 11.4 Å². The van der Waals surface area contributed by atoms with E-state index in [0.29, 0.717) is 6.42 Å². The SMILES string of the molecule is CCCC1(C(=O)O)/C(=C/CO)O[C@@H]2CC(=O)N21. The summed E-state index contributed by atoms with van der Waals surface area (Å²) < 4.78 is 5.43. The molecule has 2 aliphatic rings. The summed E-state index contributed by atoms with van der Waals surface area (Å²) in [5.74, 6) is -1.13. The number of nitrogens with zero attached hydrogens (tertiary/aromatic N) is 1. The van der Waals surface area contributed by atoms with Gasteiger partial charge >= 0.3 is 5.97 Å². The van der Waals surface area contributed by atoms with Crippen LogP contribution in [0.4, 0.5) is 0 Å². The molecule has 1 unspecified atom stereocenters. The fourth-order valence-electron chi connectivity index (χ4n) is 2.52. The molecule has 2 heterocycles. The Labute approximate surface area is 98.5 Å². The highest BCUT2D eigenvalue weighted by molar-refractivity contribution is 5.94. The number of rotatable bonds is 4. The Balaban J connectivity index is 2.45. The van der Waals surface area contributed by atoms with Crippen LogP contribution in [0.5, 0.6) is 0 Å². The van der Waals surface area contributed by atoms with Crippen LogP contribution >= 0.6 is 0 Å². The van der Waals surface area contributed by atoms with Gasteiger partial charge in [0.15, 0.2) is 6.23 Å². The molecule has 6 heteroatoms. The van der Waals surface area contributed by atoms with Crippen LogP contribution in [0.15, 0.2) is 11.8 Å². The van der Waals surface area contributed by atoms with Crippen LogP contribution in [0.3, 0.4) is 0 Å². The first-order valence-corrected chi connectivity index (χ1v) is 5.61. The Morgan fingerprint density at radius 2 is 2.41 bits per heavy atom. The topological polar surface area (TPSA) is 87.1 Å². The Morgan fingerprint density at radius 1 is 1.71 bits per heavy atom. The third kappa shape index (κ3) is 1.44. The largest absolute Gasteiger partial charge is 0.479 e. The fraction of sp³-hybridized carbons (Fsp3) is 0.636. The van der Waals surface area contributed by atoms with E-state index in [-0.39, 0.29) is 31.1 Å². The molecule has 2 N–H and O–H groups in total. The van der Waals surface area contributed by atoms with Gasteiger partial charge in [0.1, 0.15) is 5.76 Å². The maximum absolute atomic E-state index is 11.5. The van der Waals surface area contributed by atoms with E-state index in [0.717, 1.165) is 0 Å². The molecule has 0 spiro atoms. The van der Waals surface area contributed by atoms with Gasteiger partial charge in [-0.1, -0.05) is 13.3 Å². The van der Waals surface area contributed by atoms with Crippen molar-refractivity contribution in [1.29, 1.82) is 0 Å². The van der Waals surface area contributed by atoms with Crippen LogP contribution in [-0.2, 0) is 14.3 Å². The zero-order valence-corrected chi connectivity index (χ0v) is 9.55. The highest BCUT2D eigenvalue weighted by Crippen LogP contribution is 2.46. The molecule has 2 rings (SSSR count). The summed E-state index contributed by atoms with van der Waals surface area (Å²) in [6.07, 6.45) is 1.95. The lowest BCUT2D eigenvalue weighted by Gasteiger charge is -2.40. The van der Waals surface area contributed by atoms with Crippen molar-refractivity contribution < 1.29 is 24.5 Å². The molecule has 0 bridgehead atoms. The van der Waals surface area contributed by atoms with E-state index in [4.69, 9.17) is 9.84 Å². The van der Waals surface area contributed by atoms with Crippen LogP contribution in [0.25, 0.3) is 0 Å². The van der Waals surface area contributed by atoms with E-state index in [1.54, 1.807) is 0 Å². The van der Waals surface area contributed by atoms with E-state index in [2.05, 4.69) is 0 Å². The Morgan fingerprint density at radius 3 is 2.88 bits per heavy atom. The standard InChI is InChI=1S/C11H15NO5/c1-2-4-11(10(15)16)7(3-5-13)17-9-6-8(14)12(9)11/h3,9,13H,2,4-6H2,1H3,(H,15,16)/b7-3-/t9-,11?/m1/s1. The number of amides is 1. The van der Waals surface area contributed by atoms with Gasteiger partial charge in [-0.2, -0.15) is 0 Å². The number of hydrogen-bond acceptors (Lipinski definition) is 4. The number of carbonyl (C=O) groups is 2. The van der Waals surface area contributed by atoms with Crippen molar-refractivity contribution >= 4 is 11.9 Å². The highest BCUT2D eigenvalue weighted by atomic mass is 16.5. The van der Waals surface area contributed by atoms with Crippen molar-refractivity contribution in [3.8, 4) is 0 Å². The number of aliphatic carboxylic acids is 1. The monoisotopic (exact) mass is 241 g/mol. The number of carbonyl (C=O) groups excluding carboxylic acids is 1. The number of ether oxygens (including phenoxy) is 1. The van der Waals surface area contributed by atoms with E-state index >= 15 is 0 Å². The van der Waals surface area contributed by atoms with Crippen molar-refractivity contribution in [2.45, 2.75) is 38.0 Å². The second-order valence-corrected chi connectivity index (χ2v) is 4.21. The van der Waals surface area contributed by atoms with Crippen molar-refractivity contribution in [3.63, 3.8) is 0 Å². The molecule has 0 aliphatic carbocycles. The van der Waals surface area contributed by atoms with Crippen LogP contribution in [0.2, 0.25) is 0 Å². The second kappa shape index (κ2) is 4.03. The fourth-order valence-corrected chi connectivity index (χ4v) is 2.52. The number of hydrogen-bond donors (Lipinski definition) is 2. The van der Waals surface area contributed by atoms with Gasteiger partial charge in [-0.3, -0.25) is 9.69 Å². The first kappa shape index (κ1) is 11.9. The highest BCUT2D eigenvalue weighted by Gasteiger charge is 2.64. The Hall–Kier alpha value is -1.56. The number of β-lactam (4-membered cyclic amide) rings is 1. The number of carboxylic acid groups (broad SMARTS) is 1. The molecule has 17 heavy (non-hydrogen) atoms. The molecule has 6 nitrogen and oxygen atoms in total. The minimum absolute atomic E-state index is 0.185. The lowest BCUT2D eigenvalue weighted by Crippen LogP contribution is -2.62. The van der Waals surface area contributed by atoms with E-state index in [9.17, 15) is 14.7 Å². The summed E-state index contributed by atoms with van der Waals surface area (Å²) in [4.78, 5) is 24.4. The minimum atomic E-state index is -1.42. The molecule has 2 atom stereocenters. The molecule has 0 radical (unpaired) electrons. The summed E-state index contributed by atoms with van der Waals surface area (Å²) in [6, 6.07) is 0. The number of fused-ring (bicyclic) bond motifs is 1. The molecule has 0 aromatic rings. The molecule has 2 fully saturated rings. The van der Waals surface area contributed by atoms with E-state index in [1.165, 1.54) is 11.0 Å². The third-order valence-corrected chi connectivity index (χ3v) is 3.23. The predicted octanol–water partition coefficient (Wildman–Crippen LogP) is 0.0747. The summed E-state index contributed by atoms with van der Waals surface area (Å²) in [5.41, 5.74) is -1.42. The van der Waals surface area contributed by atoms with Crippen molar-refractivity contribution in [2.24, 2.45) is 0 Å². The van der Waals surface area contributed by atoms with Crippen molar-refractivity contribution in [2.75, 3.05) is 6.61 Å². The molecule has 94 valence electrons. The van der Waals surface area contributed by atoms with Gasteiger partial charge in [0.05, 0.1) is 13.0 Å². The second-order valence-electron chi connectivity index (χ2n) is 4.21. The molecule has 0 saturated carbocycles. The third-order valence-electron chi connectivity index (χ3n) is 3.23. The summed E-state index contributed by atoms with van der Waals surface area (Å²) in [7, 11) is 0. The van der Waals surface area contributed by atoms with Gasteiger partial charge in [0.25, 0.3) is 0 Å². The van der Waals surface area contributed by atoms with Crippen LogP contribution < -0.4 is 0 Å². The molecule has 1 amide bonds. The van der Waals surface area contributed by atoms with E-state index < -0.39 is 17.7 Å². The first-order chi connectivity index (χ1) is 8.07.